The number of likely N-dealkylation sites (N-methyl/N-ethyl adjacent to an activating group) is 2. The summed E-state index contributed by atoms with van der Waals surface area (Å²) in [5.74, 6) is -0.0560. The molecule has 8 atom stereocenters. The minimum absolute atomic E-state index is 0.0234. The summed E-state index contributed by atoms with van der Waals surface area (Å²) in [6.07, 6.45) is -4.82. The van der Waals surface area contributed by atoms with Gasteiger partial charge in [0.05, 0.1) is 19.6 Å². The second kappa shape index (κ2) is 18.5. The quantitative estimate of drug-likeness (QED) is 0.126. The van der Waals surface area contributed by atoms with Gasteiger partial charge in [-0.15, -0.1) is 4.37 Å². The number of rotatable bonds is 13. The molecule has 23 nitrogen and oxygen atoms in total. The van der Waals surface area contributed by atoms with Gasteiger partial charge >= 0.3 is 30.1 Å². The Kier molecular flexibility index (Phi) is 13.1. The number of nitrogens with one attached hydrogen (secondary N) is 1. The first kappa shape index (κ1) is 44.0. The molecule has 334 valence electrons. The fourth-order valence-electron chi connectivity index (χ4n) is 7.91. The molecule has 2 saturated heterocycles. The summed E-state index contributed by atoms with van der Waals surface area (Å²) in [5, 5.41) is 43.6. The number of anilines is 2. The zero-order valence-corrected chi connectivity index (χ0v) is 35.2. The van der Waals surface area contributed by atoms with E-state index in [9.17, 15) is 39.6 Å². The monoisotopic (exact) mass is 884 g/mol. The molecule has 0 unspecified atom stereocenters. The van der Waals surface area contributed by atoms with Crippen LogP contribution in [0.5, 0.6) is 17.5 Å². The van der Waals surface area contributed by atoms with Crippen molar-refractivity contribution in [1.29, 1.82) is 0 Å². The largest absolute Gasteiger partial charge is 0.493 e. The van der Waals surface area contributed by atoms with Crippen molar-refractivity contribution in [2.24, 2.45) is 11.8 Å². The number of carboxylic acid groups (broad SMARTS) is 1. The van der Waals surface area contributed by atoms with Gasteiger partial charge in [-0.05, 0) is 48.4 Å². The van der Waals surface area contributed by atoms with Gasteiger partial charge in [-0.1, -0.05) is 6.07 Å². The number of hydrogen-bond acceptors (Lipinski definition) is 18. The van der Waals surface area contributed by atoms with Gasteiger partial charge < -0.3 is 63.7 Å². The highest BCUT2D eigenvalue weighted by atomic mass is 32.1. The topological polar surface area (TPSA) is 277 Å². The second-order valence-electron chi connectivity index (χ2n) is 15.3. The highest BCUT2D eigenvalue weighted by molar-refractivity contribution is 7.10. The summed E-state index contributed by atoms with van der Waals surface area (Å²) < 4.78 is 32.1. The van der Waals surface area contributed by atoms with E-state index >= 15 is 0 Å². The summed E-state index contributed by atoms with van der Waals surface area (Å²) in [6.45, 7) is 1.39. The van der Waals surface area contributed by atoms with Gasteiger partial charge in [0, 0.05) is 71.1 Å². The van der Waals surface area contributed by atoms with Crippen molar-refractivity contribution in [1.82, 2.24) is 38.6 Å². The van der Waals surface area contributed by atoms with E-state index in [1.807, 2.05) is 18.0 Å². The van der Waals surface area contributed by atoms with Crippen molar-refractivity contribution >= 4 is 57.6 Å². The third kappa shape index (κ3) is 9.09. The number of carboxylic acids is 1. The fourth-order valence-corrected chi connectivity index (χ4v) is 8.44. The van der Waals surface area contributed by atoms with E-state index in [1.54, 1.807) is 13.2 Å². The van der Waals surface area contributed by atoms with Crippen molar-refractivity contribution in [2.45, 2.75) is 56.2 Å². The molecule has 0 bridgehead atoms. The number of aromatic nitrogens is 5. The molecule has 62 heavy (non-hydrogen) atoms. The average Bonchev–Trinajstić information content (AvgIpc) is 4.08. The van der Waals surface area contributed by atoms with Crippen LogP contribution >= 0.6 is 11.5 Å². The number of fused-ring (bicyclic) bond motifs is 2. The van der Waals surface area contributed by atoms with E-state index in [0.717, 1.165) is 24.4 Å². The SMILES string of the molecule is COc1nsc(NC(=O)N2C[C@H]3C[C@H](N(C)c4ncnc5c4ccn5C(=O)N(C)CCN(C)C(=O)OCc4ccc(O[C@@H]5O[C@H](C(=O)O)[C@@H](O)[C@H](O)[C@H]5O)c(OC)c4)C[C@H]3C2)n1. The van der Waals surface area contributed by atoms with Crippen molar-refractivity contribution < 1.29 is 63.3 Å². The lowest BCUT2D eigenvalue weighted by molar-refractivity contribution is -0.271. The Labute approximate surface area is 358 Å². The molecule has 0 radical (unpaired) electrons. The highest BCUT2D eigenvalue weighted by Gasteiger charge is 2.48. The fraction of sp³-hybridized carbons (Fsp3) is 0.526. The summed E-state index contributed by atoms with van der Waals surface area (Å²) in [5.41, 5.74) is 0.935. The maximum absolute atomic E-state index is 13.6. The van der Waals surface area contributed by atoms with Crippen LogP contribution in [0.15, 0.2) is 36.8 Å². The minimum atomic E-state index is -1.88. The number of ether oxygens (including phenoxy) is 5. The maximum Gasteiger partial charge on any atom is 0.409 e. The van der Waals surface area contributed by atoms with Crippen LogP contribution in [0.2, 0.25) is 0 Å². The minimum Gasteiger partial charge on any atom is -0.493 e. The highest BCUT2D eigenvalue weighted by Crippen LogP contribution is 2.42. The summed E-state index contributed by atoms with van der Waals surface area (Å²) in [7, 11) is 7.94. The number of likely N-dealkylation sites (tertiary alicyclic amines) is 1. The molecule has 3 aliphatic rings. The van der Waals surface area contributed by atoms with Gasteiger partial charge in [0.15, 0.2) is 23.3 Å². The molecule has 5 N–H and O–H groups in total. The van der Waals surface area contributed by atoms with Crippen molar-refractivity contribution in [3.05, 3.63) is 42.4 Å². The Morgan fingerprint density at radius 2 is 1.66 bits per heavy atom. The van der Waals surface area contributed by atoms with E-state index < -0.39 is 42.8 Å². The predicted octanol–water partition coefficient (Wildman–Crippen LogP) is 1.12. The standard InChI is InChI=1S/C38H48N10O13S/c1-44(10-11-45(2)38(56)59-17-19-6-7-24(25(12-19)57-4)60-33-28(51)26(49)27(50)29(61-33)32(52)53)37(55)48-9-8-23-30(39-18-40-31(23)48)46(3)22-13-20-15-47(16-21(20)14-22)36(54)42-35-41-34(58-5)43-62-35/h6-9,12,18,20-22,26-29,33,49-51H,10-11,13-17H2,1-5H3,(H,52,53)(H,41,42,43,54)/t20-,21+,22+,26-,27-,28+,29-,33+/m0/s1. The van der Waals surface area contributed by atoms with Crippen LogP contribution in [0.4, 0.5) is 25.3 Å². The number of hydrogen-bond donors (Lipinski definition) is 5. The molecule has 3 aromatic heterocycles. The third-order valence-corrected chi connectivity index (χ3v) is 12.0. The Hall–Kier alpha value is -6.08. The molecule has 0 spiro atoms. The van der Waals surface area contributed by atoms with Crippen molar-refractivity contribution in [3.8, 4) is 17.5 Å². The molecular formula is C38H48N10O13S. The number of aliphatic carboxylic acids is 1. The van der Waals surface area contributed by atoms with Gasteiger partial charge in [-0.3, -0.25) is 9.88 Å². The molecule has 1 aromatic carbocycles. The number of amides is 4. The number of carbonyl (C=O) groups is 4. The van der Waals surface area contributed by atoms with Gasteiger partial charge in [-0.2, -0.15) is 4.98 Å². The molecular weight excluding hydrogens is 837 g/mol. The molecule has 1 saturated carbocycles. The van der Waals surface area contributed by atoms with Crippen molar-refractivity contribution in [3.63, 3.8) is 0 Å². The number of aliphatic hydroxyl groups excluding tert-OH is 3. The Morgan fingerprint density at radius 1 is 0.935 bits per heavy atom. The zero-order chi connectivity index (χ0) is 44.4. The first-order chi connectivity index (χ1) is 29.7. The van der Waals surface area contributed by atoms with Gasteiger partial charge in [-0.25, -0.2) is 29.1 Å². The number of aliphatic hydroxyl groups is 3. The van der Waals surface area contributed by atoms with Crippen LogP contribution in [-0.4, -0.2) is 181 Å². The Balaban J connectivity index is 0.887. The molecule has 3 fully saturated rings. The van der Waals surface area contributed by atoms with Crippen LogP contribution < -0.4 is 24.4 Å². The van der Waals surface area contributed by atoms with E-state index in [1.165, 1.54) is 60.2 Å². The molecule has 4 amide bonds. The lowest BCUT2D eigenvalue weighted by Gasteiger charge is -2.38. The van der Waals surface area contributed by atoms with Crippen LogP contribution in [0.3, 0.4) is 0 Å². The van der Waals surface area contributed by atoms with Crippen molar-refractivity contribution in [2.75, 3.05) is 71.8 Å². The van der Waals surface area contributed by atoms with E-state index in [0.29, 0.717) is 52.5 Å². The predicted molar refractivity (Wildman–Crippen MR) is 217 cm³/mol. The second-order valence-corrected chi connectivity index (χ2v) is 16.1. The molecule has 1 aliphatic carbocycles. The number of benzene rings is 1. The van der Waals surface area contributed by atoms with Gasteiger partial charge in [0.1, 0.15) is 37.1 Å². The smallest absolute Gasteiger partial charge is 0.409 e. The van der Waals surface area contributed by atoms with E-state index in [2.05, 4.69) is 29.5 Å². The molecule has 7 rings (SSSR count). The van der Waals surface area contributed by atoms with Gasteiger partial charge in [0.2, 0.25) is 11.4 Å². The average molecular weight is 885 g/mol. The first-order valence-electron chi connectivity index (χ1n) is 19.5. The number of urea groups is 1. The van der Waals surface area contributed by atoms with E-state index in [-0.39, 0.29) is 55.3 Å². The molecule has 4 aromatic rings. The maximum atomic E-state index is 13.6. The molecule has 5 heterocycles. The van der Waals surface area contributed by atoms with Gasteiger partial charge in [0.25, 0.3) is 0 Å². The molecule has 2 aliphatic heterocycles. The summed E-state index contributed by atoms with van der Waals surface area (Å²) in [6, 6.07) is 6.08. The lowest BCUT2D eigenvalue weighted by Crippen LogP contribution is -2.61. The first-order valence-corrected chi connectivity index (χ1v) is 20.3. The Bertz CT molecular complexity index is 2260. The Morgan fingerprint density at radius 3 is 2.34 bits per heavy atom. The van der Waals surface area contributed by atoms with Crippen LogP contribution in [-0.2, 0) is 20.9 Å². The van der Waals surface area contributed by atoms with Crippen LogP contribution in [0.25, 0.3) is 11.0 Å². The summed E-state index contributed by atoms with van der Waals surface area (Å²) >= 11 is 1.06. The van der Waals surface area contributed by atoms with Crippen LogP contribution in [0.1, 0.15) is 18.4 Å². The summed E-state index contributed by atoms with van der Waals surface area (Å²) in [4.78, 5) is 70.8. The zero-order valence-electron chi connectivity index (χ0n) is 34.4. The van der Waals surface area contributed by atoms with Crippen LogP contribution in [0, 0.1) is 11.8 Å². The third-order valence-electron chi connectivity index (χ3n) is 11.4. The number of nitrogens with zero attached hydrogens (tertiary/aromatic N) is 9. The normalized spacial score (nSPS) is 24.3. The lowest BCUT2D eigenvalue weighted by atomic mass is 9.99. The number of carbonyl (C=O) groups excluding carboxylic acids is 3. The van der Waals surface area contributed by atoms with E-state index in [4.69, 9.17) is 23.7 Å². The molecule has 24 heteroatoms. The number of methoxy groups -OCH3 is 2.